The standard InChI is InChI=1S/C23H30N4O2.HI/c1-24-22(27-17-23(12-7-13-23)19-9-4-3-5-10-19)26-15-14-25-21(28)18-8-6-11-20(16-18)29-2;/h3-6,8-11,16H,7,12-15,17H2,1-2H3,(H,25,28)(H2,24,26,27);1H. The maximum absolute atomic E-state index is 12.2. The summed E-state index contributed by atoms with van der Waals surface area (Å²) in [5.74, 6) is 1.30. The molecule has 0 unspecified atom stereocenters. The zero-order valence-electron chi connectivity index (χ0n) is 17.6. The fraction of sp³-hybridized carbons (Fsp3) is 0.391. The van der Waals surface area contributed by atoms with E-state index in [0.29, 0.717) is 24.4 Å². The lowest BCUT2D eigenvalue weighted by Crippen LogP contribution is -2.49. The number of hydrogen-bond acceptors (Lipinski definition) is 3. The van der Waals surface area contributed by atoms with Crippen LogP contribution in [0.5, 0.6) is 5.75 Å². The van der Waals surface area contributed by atoms with E-state index < -0.39 is 0 Å². The number of aliphatic imine (C=N–C) groups is 1. The number of rotatable bonds is 8. The van der Waals surface area contributed by atoms with Crippen LogP contribution in [-0.4, -0.2) is 45.7 Å². The molecule has 1 aliphatic carbocycles. The first kappa shape index (κ1) is 24.0. The first-order valence-electron chi connectivity index (χ1n) is 10.1. The van der Waals surface area contributed by atoms with E-state index >= 15 is 0 Å². The van der Waals surface area contributed by atoms with Crippen LogP contribution < -0.4 is 20.7 Å². The summed E-state index contributed by atoms with van der Waals surface area (Å²) < 4.78 is 5.16. The molecule has 0 aliphatic heterocycles. The van der Waals surface area contributed by atoms with Gasteiger partial charge in [-0.15, -0.1) is 24.0 Å². The van der Waals surface area contributed by atoms with E-state index in [2.05, 4.69) is 51.3 Å². The molecule has 30 heavy (non-hydrogen) atoms. The van der Waals surface area contributed by atoms with Gasteiger partial charge in [0.15, 0.2) is 5.96 Å². The lowest BCUT2D eigenvalue weighted by atomic mass is 9.64. The smallest absolute Gasteiger partial charge is 0.251 e. The van der Waals surface area contributed by atoms with Crippen molar-refractivity contribution in [3.63, 3.8) is 0 Å². The highest BCUT2D eigenvalue weighted by Crippen LogP contribution is 2.43. The third-order valence-electron chi connectivity index (χ3n) is 5.55. The molecule has 3 rings (SSSR count). The molecule has 3 N–H and O–H groups in total. The summed E-state index contributed by atoms with van der Waals surface area (Å²) in [6.45, 7) is 1.95. The zero-order valence-corrected chi connectivity index (χ0v) is 19.9. The summed E-state index contributed by atoms with van der Waals surface area (Å²) in [4.78, 5) is 16.6. The van der Waals surface area contributed by atoms with Crippen molar-refractivity contribution in [3.05, 3.63) is 65.7 Å². The maximum Gasteiger partial charge on any atom is 0.251 e. The van der Waals surface area contributed by atoms with E-state index in [-0.39, 0.29) is 35.3 Å². The van der Waals surface area contributed by atoms with E-state index in [1.807, 2.05) is 6.07 Å². The van der Waals surface area contributed by atoms with E-state index in [4.69, 9.17) is 4.74 Å². The Morgan fingerprint density at radius 2 is 1.77 bits per heavy atom. The van der Waals surface area contributed by atoms with Crippen LogP contribution in [-0.2, 0) is 5.41 Å². The van der Waals surface area contributed by atoms with E-state index in [9.17, 15) is 4.79 Å². The Labute approximate surface area is 195 Å². The molecule has 0 atom stereocenters. The second-order valence-electron chi connectivity index (χ2n) is 7.34. The van der Waals surface area contributed by atoms with Crippen molar-refractivity contribution >= 4 is 35.8 Å². The van der Waals surface area contributed by atoms with Crippen LogP contribution in [0.25, 0.3) is 0 Å². The molecular weight excluding hydrogens is 491 g/mol. The number of amides is 1. The molecule has 6 nitrogen and oxygen atoms in total. The van der Waals surface area contributed by atoms with Gasteiger partial charge in [0, 0.05) is 37.7 Å². The van der Waals surface area contributed by atoms with Crippen molar-refractivity contribution in [1.82, 2.24) is 16.0 Å². The van der Waals surface area contributed by atoms with Crippen LogP contribution >= 0.6 is 24.0 Å². The molecule has 0 heterocycles. The number of guanidine groups is 1. The molecule has 0 radical (unpaired) electrons. The van der Waals surface area contributed by atoms with Gasteiger partial charge in [0.1, 0.15) is 5.75 Å². The van der Waals surface area contributed by atoms with Gasteiger partial charge in [-0.3, -0.25) is 9.79 Å². The Bertz CT molecular complexity index is 838. The molecule has 0 aromatic heterocycles. The van der Waals surface area contributed by atoms with Crippen LogP contribution in [0.15, 0.2) is 59.6 Å². The average molecular weight is 522 g/mol. The van der Waals surface area contributed by atoms with E-state index in [0.717, 1.165) is 12.5 Å². The molecule has 1 saturated carbocycles. The van der Waals surface area contributed by atoms with Crippen molar-refractivity contribution in [3.8, 4) is 5.75 Å². The zero-order chi connectivity index (χ0) is 20.5. The molecule has 0 spiro atoms. The number of benzene rings is 2. The summed E-state index contributed by atoms with van der Waals surface area (Å²) in [5, 5.41) is 9.64. The minimum atomic E-state index is -0.119. The van der Waals surface area contributed by atoms with Crippen molar-refractivity contribution in [2.45, 2.75) is 24.7 Å². The maximum atomic E-state index is 12.2. The summed E-state index contributed by atoms with van der Waals surface area (Å²) >= 11 is 0. The van der Waals surface area contributed by atoms with Gasteiger partial charge in [0.2, 0.25) is 0 Å². The number of methoxy groups -OCH3 is 1. The van der Waals surface area contributed by atoms with Crippen LogP contribution in [0.4, 0.5) is 0 Å². The number of ether oxygens (including phenoxy) is 1. The quantitative estimate of drug-likeness (QED) is 0.215. The van der Waals surface area contributed by atoms with Gasteiger partial charge >= 0.3 is 0 Å². The minimum Gasteiger partial charge on any atom is -0.497 e. The van der Waals surface area contributed by atoms with Gasteiger partial charge in [-0.05, 0) is 36.6 Å². The fourth-order valence-electron chi connectivity index (χ4n) is 3.66. The first-order chi connectivity index (χ1) is 14.2. The Kier molecular flexibility index (Phi) is 9.42. The van der Waals surface area contributed by atoms with Crippen LogP contribution in [0.2, 0.25) is 0 Å². The number of carbonyl (C=O) groups excluding carboxylic acids is 1. The molecule has 0 saturated heterocycles. The van der Waals surface area contributed by atoms with Gasteiger partial charge in [-0.2, -0.15) is 0 Å². The second kappa shape index (κ2) is 11.8. The predicted molar refractivity (Wildman–Crippen MR) is 132 cm³/mol. The Hall–Kier alpha value is -2.29. The molecule has 162 valence electrons. The number of nitrogens with zero attached hydrogens (tertiary/aromatic N) is 1. The monoisotopic (exact) mass is 522 g/mol. The summed E-state index contributed by atoms with van der Waals surface area (Å²) in [7, 11) is 3.35. The Morgan fingerprint density at radius 1 is 1.03 bits per heavy atom. The molecule has 0 bridgehead atoms. The van der Waals surface area contributed by atoms with Gasteiger partial charge in [0.25, 0.3) is 5.91 Å². The summed E-state index contributed by atoms with van der Waals surface area (Å²) in [5.41, 5.74) is 2.17. The largest absolute Gasteiger partial charge is 0.497 e. The van der Waals surface area contributed by atoms with Crippen molar-refractivity contribution in [2.75, 3.05) is 33.8 Å². The van der Waals surface area contributed by atoms with Crippen LogP contribution in [0, 0.1) is 0 Å². The SMILES string of the molecule is CN=C(NCCNC(=O)c1cccc(OC)c1)NCC1(c2ccccc2)CCC1.I. The fourth-order valence-corrected chi connectivity index (χ4v) is 3.66. The number of halogens is 1. The topological polar surface area (TPSA) is 74.8 Å². The number of nitrogens with one attached hydrogen (secondary N) is 3. The van der Waals surface area contributed by atoms with Crippen molar-refractivity contribution in [2.24, 2.45) is 4.99 Å². The Morgan fingerprint density at radius 3 is 2.40 bits per heavy atom. The molecule has 1 fully saturated rings. The lowest BCUT2D eigenvalue weighted by molar-refractivity contribution is 0.0954. The highest BCUT2D eigenvalue weighted by Gasteiger charge is 2.38. The highest BCUT2D eigenvalue weighted by molar-refractivity contribution is 14.0. The predicted octanol–water partition coefficient (Wildman–Crippen LogP) is 3.33. The molecular formula is C23H31IN4O2. The normalized spacial score (nSPS) is 14.7. The van der Waals surface area contributed by atoms with Gasteiger partial charge < -0.3 is 20.7 Å². The molecule has 1 aliphatic rings. The number of hydrogen-bond donors (Lipinski definition) is 3. The number of carbonyl (C=O) groups is 1. The summed E-state index contributed by atoms with van der Waals surface area (Å²) in [6.07, 6.45) is 3.65. The lowest BCUT2D eigenvalue weighted by Gasteiger charge is -2.43. The third kappa shape index (κ3) is 6.10. The molecule has 7 heteroatoms. The van der Waals surface area contributed by atoms with E-state index in [1.54, 1.807) is 32.4 Å². The van der Waals surface area contributed by atoms with Gasteiger partial charge in [-0.25, -0.2) is 0 Å². The van der Waals surface area contributed by atoms with Gasteiger partial charge in [-0.1, -0.05) is 42.8 Å². The van der Waals surface area contributed by atoms with E-state index in [1.165, 1.54) is 24.8 Å². The Balaban J connectivity index is 0.00000320. The molecule has 2 aromatic carbocycles. The average Bonchev–Trinajstić information content (AvgIpc) is 2.75. The van der Waals surface area contributed by atoms with Gasteiger partial charge in [0.05, 0.1) is 7.11 Å². The molecule has 2 aromatic rings. The second-order valence-corrected chi connectivity index (χ2v) is 7.34. The van der Waals surface area contributed by atoms with Crippen molar-refractivity contribution < 1.29 is 9.53 Å². The molecule has 1 amide bonds. The van der Waals surface area contributed by atoms with Crippen LogP contribution in [0.1, 0.15) is 35.2 Å². The third-order valence-corrected chi connectivity index (χ3v) is 5.55. The van der Waals surface area contributed by atoms with Crippen LogP contribution in [0.3, 0.4) is 0 Å². The first-order valence-corrected chi connectivity index (χ1v) is 10.1. The summed E-state index contributed by atoms with van der Waals surface area (Å²) in [6, 6.07) is 17.8. The highest BCUT2D eigenvalue weighted by atomic mass is 127. The minimum absolute atomic E-state index is 0. The van der Waals surface area contributed by atoms with Crippen molar-refractivity contribution in [1.29, 1.82) is 0 Å².